The number of hydrogen-bond acceptors (Lipinski definition) is 1. The molecule has 0 radical (unpaired) electrons. The summed E-state index contributed by atoms with van der Waals surface area (Å²) < 4.78 is 0.906. The molecule has 1 aromatic rings. The van der Waals surface area contributed by atoms with E-state index in [-0.39, 0.29) is 11.4 Å². The second-order valence-corrected chi connectivity index (χ2v) is 5.67. The monoisotopic (exact) mass is 295 g/mol. The van der Waals surface area contributed by atoms with Gasteiger partial charge in [0, 0.05) is 10.0 Å². The van der Waals surface area contributed by atoms with Crippen molar-refractivity contribution >= 4 is 21.8 Å². The molecule has 0 atom stereocenters. The Morgan fingerprint density at radius 2 is 2.18 bits per heavy atom. The van der Waals surface area contributed by atoms with Crippen LogP contribution in [-0.2, 0) is 0 Å². The minimum atomic E-state index is 0.0436. The lowest BCUT2D eigenvalue weighted by Gasteiger charge is -2.42. The van der Waals surface area contributed by atoms with Crippen LogP contribution in [0.25, 0.3) is 0 Å². The molecule has 0 aromatic heterocycles. The Morgan fingerprint density at radius 1 is 1.47 bits per heavy atom. The van der Waals surface area contributed by atoms with Crippen molar-refractivity contribution < 1.29 is 4.79 Å². The molecule has 0 unspecified atom stereocenters. The molecule has 1 amide bonds. The number of benzene rings is 1. The zero-order chi connectivity index (χ0) is 12.5. The molecular formula is C14H18BrNO. The van der Waals surface area contributed by atoms with E-state index in [1.54, 1.807) is 0 Å². The minimum Gasteiger partial charge on any atom is -0.347 e. The first-order valence-electron chi connectivity index (χ1n) is 6.15. The van der Waals surface area contributed by atoms with Gasteiger partial charge in [0.1, 0.15) is 0 Å². The van der Waals surface area contributed by atoms with E-state index < -0.39 is 0 Å². The smallest absolute Gasteiger partial charge is 0.252 e. The Balaban J connectivity index is 2.17. The fraction of sp³-hybridized carbons (Fsp3) is 0.500. The van der Waals surface area contributed by atoms with Gasteiger partial charge in [-0.3, -0.25) is 4.79 Å². The summed E-state index contributed by atoms with van der Waals surface area (Å²) in [4.78, 5) is 12.2. The van der Waals surface area contributed by atoms with Gasteiger partial charge in [-0.1, -0.05) is 19.1 Å². The molecule has 17 heavy (non-hydrogen) atoms. The molecule has 0 bridgehead atoms. The van der Waals surface area contributed by atoms with E-state index in [4.69, 9.17) is 0 Å². The molecule has 92 valence electrons. The molecule has 1 N–H and O–H groups in total. The maximum atomic E-state index is 12.2. The van der Waals surface area contributed by atoms with Crippen LogP contribution in [0.3, 0.4) is 0 Å². The van der Waals surface area contributed by atoms with Gasteiger partial charge < -0.3 is 5.32 Å². The minimum absolute atomic E-state index is 0.0436. The molecule has 1 aliphatic carbocycles. The summed E-state index contributed by atoms with van der Waals surface area (Å²) in [5, 5.41) is 3.19. The van der Waals surface area contributed by atoms with Crippen molar-refractivity contribution in [1.82, 2.24) is 5.32 Å². The van der Waals surface area contributed by atoms with Crippen LogP contribution < -0.4 is 5.32 Å². The molecule has 1 saturated carbocycles. The van der Waals surface area contributed by atoms with Crippen molar-refractivity contribution in [2.24, 2.45) is 0 Å². The van der Waals surface area contributed by atoms with E-state index in [1.807, 2.05) is 25.1 Å². The molecule has 0 aliphatic heterocycles. The largest absolute Gasteiger partial charge is 0.347 e. The van der Waals surface area contributed by atoms with Crippen LogP contribution in [0.15, 0.2) is 22.7 Å². The topological polar surface area (TPSA) is 29.1 Å². The van der Waals surface area contributed by atoms with Gasteiger partial charge in [0.2, 0.25) is 0 Å². The lowest BCUT2D eigenvalue weighted by atomic mass is 9.74. The summed E-state index contributed by atoms with van der Waals surface area (Å²) >= 11 is 3.49. The third-order valence-electron chi connectivity index (χ3n) is 3.80. The van der Waals surface area contributed by atoms with Gasteiger partial charge in [-0.05, 0) is 60.2 Å². The summed E-state index contributed by atoms with van der Waals surface area (Å²) in [5.41, 5.74) is 1.89. The molecule has 2 rings (SSSR count). The Kier molecular flexibility index (Phi) is 3.57. The third kappa shape index (κ3) is 2.39. The number of carbonyl (C=O) groups is 1. The molecule has 2 nitrogen and oxygen atoms in total. The SMILES string of the molecule is CCC1(NC(=O)c2cccc(C)c2Br)CCC1. The first kappa shape index (κ1) is 12.6. The molecule has 0 saturated heterocycles. The van der Waals surface area contributed by atoms with E-state index in [1.165, 1.54) is 6.42 Å². The Morgan fingerprint density at radius 3 is 2.71 bits per heavy atom. The average molecular weight is 296 g/mol. The molecule has 0 spiro atoms. The van der Waals surface area contributed by atoms with E-state index in [0.29, 0.717) is 0 Å². The number of amides is 1. The summed E-state index contributed by atoms with van der Waals surface area (Å²) in [6, 6.07) is 5.79. The number of halogens is 1. The molecule has 1 aromatic carbocycles. The van der Waals surface area contributed by atoms with E-state index in [0.717, 1.165) is 34.9 Å². The van der Waals surface area contributed by atoms with Crippen LogP contribution in [0.4, 0.5) is 0 Å². The van der Waals surface area contributed by atoms with E-state index in [2.05, 4.69) is 28.2 Å². The number of carbonyl (C=O) groups excluding carboxylic acids is 1. The highest BCUT2D eigenvalue weighted by Gasteiger charge is 2.36. The van der Waals surface area contributed by atoms with Crippen LogP contribution >= 0.6 is 15.9 Å². The predicted octanol–water partition coefficient (Wildman–Crippen LogP) is 3.82. The standard InChI is InChI=1S/C14H18BrNO/c1-3-14(8-5-9-14)16-13(17)11-7-4-6-10(2)12(11)15/h4,6-7H,3,5,8-9H2,1-2H3,(H,16,17). The summed E-state index contributed by atoms with van der Waals surface area (Å²) in [6.07, 6.45) is 4.46. The maximum Gasteiger partial charge on any atom is 0.252 e. The molecule has 1 aliphatic rings. The van der Waals surface area contributed by atoms with Crippen LogP contribution in [0.1, 0.15) is 48.5 Å². The van der Waals surface area contributed by atoms with Crippen molar-refractivity contribution in [2.75, 3.05) is 0 Å². The quantitative estimate of drug-likeness (QED) is 0.902. The fourth-order valence-electron chi connectivity index (χ4n) is 2.30. The number of hydrogen-bond donors (Lipinski definition) is 1. The van der Waals surface area contributed by atoms with Crippen LogP contribution in [-0.4, -0.2) is 11.4 Å². The van der Waals surface area contributed by atoms with Gasteiger partial charge in [-0.2, -0.15) is 0 Å². The highest BCUT2D eigenvalue weighted by atomic mass is 79.9. The molecule has 3 heteroatoms. The number of aryl methyl sites for hydroxylation is 1. The second-order valence-electron chi connectivity index (χ2n) is 4.88. The van der Waals surface area contributed by atoms with Crippen molar-refractivity contribution in [3.05, 3.63) is 33.8 Å². The lowest BCUT2D eigenvalue weighted by Crippen LogP contribution is -2.53. The van der Waals surface area contributed by atoms with E-state index in [9.17, 15) is 4.79 Å². The number of rotatable bonds is 3. The van der Waals surface area contributed by atoms with Gasteiger partial charge in [-0.15, -0.1) is 0 Å². The predicted molar refractivity (Wildman–Crippen MR) is 73.2 cm³/mol. The summed E-state index contributed by atoms with van der Waals surface area (Å²) in [6.45, 7) is 4.14. The maximum absolute atomic E-state index is 12.2. The molecular weight excluding hydrogens is 278 g/mol. The lowest BCUT2D eigenvalue weighted by molar-refractivity contribution is 0.0819. The van der Waals surface area contributed by atoms with Crippen LogP contribution in [0, 0.1) is 6.92 Å². The van der Waals surface area contributed by atoms with Gasteiger partial charge in [0.25, 0.3) is 5.91 Å². The Labute approximate surface area is 111 Å². The van der Waals surface area contributed by atoms with Gasteiger partial charge in [-0.25, -0.2) is 0 Å². The second kappa shape index (κ2) is 4.81. The van der Waals surface area contributed by atoms with Crippen molar-refractivity contribution in [3.8, 4) is 0 Å². The number of nitrogens with one attached hydrogen (secondary N) is 1. The first-order chi connectivity index (χ1) is 8.08. The highest BCUT2D eigenvalue weighted by Crippen LogP contribution is 2.35. The summed E-state index contributed by atoms with van der Waals surface area (Å²) in [7, 11) is 0. The van der Waals surface area contributed by atoms with Crippen molar-refractivity contribution in [3.63, 3.8) is 0 Å². The summed E-state index contributed by atoms with van der Waals surface area (Å²) in [5.74, 6) is 0.0436. The van der Waals surface area contributed by atoms with E-state index >= 15 is 0 Å². The van der Waals surface area contributed by atoms with Gasteiger partial charge in [0.05, 0.1) is 5.56 Å². The zero-order valence-electron chi connectivity index (χ0n) is 10.3. The first-order valence-corrected chi connectivity index (χ1v) is 6.95. The molecule has 1 fully saturated rings. The third-order valence-corrected chi connectivity index (χ3v) is 4.86. The zero-order valence-corrected chi connectivity index (χ0v) is 11.9. The van der Waals surface area contributed by atoms with Gasteiger partial charge in [0.15, 0.2) is 0 Å². The normalized spacial score (nSPS) is 17.4. The van der Waals surface area contributed by atoms with Crippen LogP contribution in [0.5, 0.6) is 0 Å². The molecule has 0 heterocycles. The Bertz CT molecular complexity index is 432. The average Bonchev–Trinajstić information content (AvgIpc) is 2.27. The fourth-order valence-corrected chi connectivity index (χ4v) is 2.75. The van der Waals surface area contributed by atoms with Gasteiger partial charge >= 0.3 is 0 Å². The Hall–Kier alpha value is -0.830. The highest BCUT2D eigenvalue weighted by molar-refractivity contribution is 9.10. The van der Waals surface area contributed by atoms with Crippen LogP contribution in [0.2, 0.25) is 0 Å². The van der Waals surface area contributed by atoms with Crippen molar-refractivity contribution in [2.45, 2.75) is 45.1 Å². The van der Waals surface area contributed by atoms with Crippen molar-refractivity contribution in [1.29, 1.82) is 0 Å².